The summed E-state index contributed by atoms with van der Waals surface area (Å²) in [5.41, 5.74) is 17.5. The Morgan fingerprint density at radius 3 is 1.94 bits per heavy atom. The lowest BCUT2D eigenvalue weighted by Gasteiger charge is -2.17. The van der Waals surface area contributed by atoms with E-state index in [1.54, 1.807) is 18.2 Å². The van der Waals surface area contributed by atoms with Crippen molar-refractivity contribution in [2.24, 2.45) is 0 Å². The van der Waals surface area contributed by atoms with Crippen LogP contribution in [-0.4, -0.2) is 5.78 Å². The van der Waals surface area contributed by atoms with E-state index in [4.69, 9.17) is 21.2 Å². The van der Waals surface area contributed by atoms with Gasteiger partial charge in [-0.25, -0.2) is 0 Å². The van der Waals surface area contributed by atoms with Crippen LogP contribution in [0.3, 0.4) is 0 Å². The first kappa shape index (κ1) is 26.6. The SMILES string of the molecule is CCCCCCCCCCCC(=O)c1cc(N)c(C)c(C)c1OOc1ccc(N)c(C)c1C. The number of benzene rings is 2. The van der Waals surface area contributed by atoms with Crippen LogP contribution in [0, 0.1) is 27.7 Å². The van der Waals surface area contributed by atoms with Crippen LogP contribution < -0.4 is 21.2 Å². The zero-order chi connectivity index (χ0) is 24.4. The van der Waals surface area contributed by atoms with E-state index in [2.05, 4.69) is 6.92 Å². The van der Waals surface area contributed by atoms with E-state index < -0.39 is 0 Å². The van der Waals surface area contributed by atoms with E-state index in [-0.39, 0.29) is 5.78 Å². The van der Waals surface area contributed by atoms with Crippen molar-refractivity contribution in [3.8, 4) is 11.5 Å². The Morgan fingerprint density at radius 2 is 1.30 bits per heavy atom. The molecule has 4 N–H and O–H groups in total. The number of unbranched alkanes of at least 4 members (excludes halogenated alkanes) is 8. The van der Waals surface area contributed by atoms with Crippen LogP contribution in [0.2, 0.25) is 0 Å². The highest BCUT2D eigenvalue weighted by molar-refractivity contribution is 6.00. The quantitative estimate of drug-likeness (QED) is 0.101. The molecule has 0 heterocycles. The first-order chi connectivity index (χ1) is 15.8. The standard InChI is InChI=1S/C28H42N2O3/c1-6-7-8-9-10-11-12-13-14-15-26(31)23-18-25(30)20(3)22(5)28(23)33-32-27-17-16-24(29)19(2)21(27)4/h16-18H,6-15,29-30H2,1-5H3. The summed E-state index contributed by atoms with van der Waals surface area (Å²) in [6.45, 7) is 9.94. The molecule has 33 heavy (non-hydrogen) atoms. The molecule has 0 aliphatic carbocycles. The number of carbonyl (C=O) groups is 1. The average molecular weight is 455 g/mol. The van der Waals surface area contributed by atoms with E-state index in [9.17, 15) is 4.79 Å². The van der Waals surface area contributed by atoms with Crippen LogP contribution in [0.4, 0.5) is 11.4 Å². The number of hydrogen-bond acceptors (Lipinski definition) is 5. The molecule has 0 aliphatic heterocycles. The molecule has 0 aromatic heterocycles. The highest BCUT2D eigenvalue weighted by Crippen LogP contribution is 2.34. The van der Waals surface area contributed by atoms with Gasteiger partial charge in [-0.05, 0) is 63.4 Å². The smallest absolute Gasteiger partial charge is 0.192 e. The molecular formula is C28H42N2O3. The predicted octanol–water partition coefficient (Wildman–Crippen LogP) is 7.56. The molecule has 0 bridgehead atoms. The summed E-state index contributed by atoms with van der Waals surface area (Å²) in [6.07, 6.45) is 11.4. The number of rotatable bonds is 14. The number of nitrogen functional groups attached to an aromatic ring is 2. The topological polar surface area (TPSA) is 87.6 Å². The van der Waals surface area contributed by atoms with Crippen LogP contribution in [0.1, 0.15) is 104 Å². The molecule has 0 aliphatic rings. The molecule has 5 nitrogen and oxygen atoms in total. The molecular weight excluding hydrogens is 412 g/mol. The number of nitrogens with two attached hydrogens (primary N) is 2. The summed E-state index contributed by atoms with van der Waals surface area (Å²) in [6, 6.07) is 5.29. The Morgan fingerprint density at radius 1 is 0.727 bits per heavy atom. The van der Waals surface area contributed by atoms with Gasteiger partial charge in [0.15, 0.2) is 17.3 Å². The van der Waals surface area contributed by atoms with Gasteiger partial charge in [0.1, 0.15) is 0 Å². The van der Waals surface area contributed by atoms with E-state index >= 15 is 0 Å². The second kappa shape index (κ2) is 13.1. The minimum absolute atomic E-state index is 0.0385. The van der Waals surface area contributed by atoms with Crippen LogP contribution >= 0.6 is 0 Å². The Balaban J connectivity index is 2.00. The first-order valence-corrected chi connectivity index (χ1v) is 12.4. The highest BCUT2D eigenvalue weighted by atomic mass is 17.2. The lowest BCUT2D eigenvalue weighted by atomic mass is 9.97. The Kier molecular flexibility index (Phi) is 10.6. The normalized spacial score (nSPS) is 10.9. The number of carbonyl (C=O) groups excluding carboxylic acids is 1. The molecule has 2 rings (SSSR count). The van der Waals surface area contributed by atoms with E-state index in [0.717, 1.165) is 35.1 Å². The molecule has 0 amide bonds. The van der Waals surface area contributed by atoms with Gasteiger partial charge in [-0.1, -0.05) is 58.3 Å². The van der Waals surface area contributed by atoms with Gasteiger partial charge in [0, 0.05) is 28.9 Å². The van der Waals surface area contributed by atoms with Crippen molar-refractivity contribution in [3.63, 3.8) is 0 Å². The van der Waals surface area contributed by atoms with E-state index in [1.807, 2.05) is 27.7 Å². The maximum Gasteiger partial charge on any atom is 0.192 e. The van der Waals surface area contributed by atoms with Crippen LogP contribution in [0.5, 0.6) is 11.5 Å². The van der Waals surface area contributed by atoms with Crippen LogP contribution in [0.25, 0.3) is 0 Å². The van der Waals surface area contributed by atoms with Crippen molar-refractivity contribution in [2.45, 2.75) is 98.8 Å². The summed E-state index contributed by atoms with van der Waals surface area (Å²) in [4.78, 5) is 24.5. The van der Waals surface area contributed by atoms with Gasteiger partial charge in [0.25, 0.3) is 0 Å². The summed E-state index contributed by atoms with van der Waals surface area (Å²) in [5, 5.41) is 0. The fraction of sp³-hybridized carbons (Fsp3) is 0.536. The first-order valence-electron chi connectivity index (χ1n) is 12.4. The highest BCUT2D eigenvalue weighted by Gasteiger charge is 2.20. The molecule has 2 aromatic rings. The number of hydrogen-bond donors (Lipinski definition) is 2. The van der Waals surface area contributed by atoms with E-state index in [1.165, 1.54) is 44.9 Å². The van der Waals surface area contributed by atoms with Crippen LogP contribution in [-0.2, 0) is 0 Å². The Labute approximate surface area is 199 Å². The molecule has 5 heteroatoms. The van der Waals surface area contributed by atoms with Gasteiger partial charge >= 0.3 is 0 Å². The van der Waals surface area contributed by atoms with Crippen LogP contribution in [0.15, 0.2) is 18.2 Å². The van der Waals surface area contributed by atoms with Gasteiger partial charge < -0.3 is 11.5 Å². The molecule has 2 aromatic carbocycles. The second-order valence-electron chi connectivity index (χ2n) is 9.16. The van der Waals surface area contributed by atoms with Crippen molar-refractivity contribution in [3.05, 3.63) is 46.0 Å². The van der Waals surface area contributed by atoms with Gasteiger partial charge in [-0.3, -0.25) is 14.6 Å². The van der Waals surface area contributed by atoms with Gasteiger partial charge in [0.2, 0.25) is 0 Å². The Hall–Kier alpha value is -2.69. The lowest BCUT2D eigenvalue weighted by molar-refractivity contribution is -0.102. The molecule has 0 atom stereocenters. The number of ketones is 1. The molecule has 0 unspecified atom stereocenters. The summed E-state index contributed by atoms with van der Waals surface area (Å²) in [7, 11) is 0. The number of Topliss-reactive ketones (excluding diaryl/α,β-unsaturated/α-hetero) is 1. The third-order valence-electron chi connectivity index (χ3n) is 6.68. The van der Waals surface area contributed by atoms with Crippen molar-refractivity contribution < 1.29 is 14.6 Å². The summed E-state index contributed by atoms with van der Waals surface area (Å²) < 4.78 is 0. The second-order valence-corrected chi connectivity index (χ2v) is 9.16. The third-order valence-corrected chi connectivity index (χ3v) is 6.68. The maximum absolute atomic E-state index is 13.1. The fourth-order valence-corrected chi connectivity index (χ4v) is 3.96. The van der Waals surface area contributed by atoms with Crippen molar-refractivity contribution in [1.29, 1.82) is 0 Å². The van der Waals surface area contributed by atoms with Gasteiger partial charge in [-0.15, -0.1) is 0 Å². The molecule has 0 saturated carbocycles. The lowest BCUT2D eigenvalue weighted by Crippen LogP contribution is -2.12. The van der Waals surface area contributed by atoms with E-state index in [0.29, 0.717) is 34.9 Å². The van der Waals surface area contributed by atoms with Crippen molar-refractivity contribution >= 4 is 17.2 Å². The molecule has 0 radical (unpaired) electrons. The van der Waals surface area contributed by atoms with Gasteiger partial charge in [-0.2, -0.15) is 0 Å². The predicted molar refractivity (Wildman–Crippen MR) is 138 cm³/mol. The summed E-state index contributed by atoms with van der Waals surface area (Å²) >= 11 is 0. The zero-order valence-electron chi connectivity index (χ0n) is 21.2. The molecule has 182 valence electrons. The van der Waals surface area contributed by atoms with Crippen molar-refractivity contribution in [2.75, 3.05) is 11.5 Å². The third kappa shape index (κ3) is 7.41. The summed E-state index contributed by atoms with van der Waals surface area (Å²) in [5.74, 6) is 1.06. The fourth-order valence-electron chi connectivity index (χ4n) is 3.96. The minimum Gasteiger partial charge on any atom is -0.399 e. The van der Waals surface area contributed by atoms with Gasteiger partial charge in [0.05, 0.1) is 5.56 Å². The maximum atomic E-state index is 13.1. The molecule has 0 spiro atoms. The molecule has 0 fully saturated rings. The zero-order valence-corrected chi connectivity index (χ0v) is 21.2. The number of anilines is 2. The monoisotopic (exact) mass is 454 g/mol. The Bertz CT molecular complexity index is 937. The van der Waals surface area contributed by atoms with Crippen molar-refractivity contribution in [1.82, 2.24) is 0 Å². The molecule has 0 saturated heterocycles. The minimum atomic E-state index is 0.0385. The average Bonchev–Trinajstić information content (AvgIpc) is 2.80. The largest absolute Gasteiger partial charge is 0.399 e.